The van der Waals surface area contributed by atoms with E-state index in [1.807, 2.05) is 13.0 Å². The van der Waals surface area contributed by atoms with Crippen molar-refractivity contribution in [3.05, 3.63) is 33.9 Å². The summed E-state index contributed by atoms with van der Waals surface area (Å²) in [6, 6.07) is 5.17. The quantitative estimate of drug-likeness (QED) is 0.629. The molecule has 0 aliphatic carbocycles. The number of ether oxygens (including phenoxy) is 1. The Morgan fingerprint density at radius 2 is 2.09 bits per heavy atom. The Kier molecular flexibility index (Phi) is 4.59. The van der Waals surface area contributed by atoms with Crippen LogP contribution in [0.2, 0.25) is 0 Å². The zero-order valence-electron chi connectivity index (χ0n) is 13.0. The Balaban J connectivity index is 1.61. The van der Waals surface area contributed by atoms with Crippen molar-refractivity contribution in [1.29, 1.82) is 0 Å². The number of hydrogen-bond donors (Lipinski definition) is 0. The van der Waals surface area contributed by atoms with Crippen molar-refractivity contribution >= 4 is 11.4 Å². The van der Waals surface area contributed by atoms with Gasteiger partial charge in [0.05, 0.1) is 18.1 Å². The molecule has 2 heterocycles. The van der Waals surface area contributed by atoms with Gasteiger partial charge in [-0.2, -0.15) is 0 Å². The molecule has 2 aliphatic rings. The minimum Gasteiger partial charge on any atom is -0.379 e. The minimum atomic E-state index is -0.331. The summed E-state index contributed by atoms with van der Waals surface area (Å²) in [5.41, 5.74) is 2.29. The van der Waals surface area contributed by atoms with E-state index >= 15 is 0 Å². The highest BCUT2D eigenvalue weighted by atomic mass is 16.6. The molecule has 120 valence electrons. The highest BCUT2D eigenvalue weighted by Crippen LogP contribution is 2.29. The number of nitro benzene ring substituents is 1. The van der Waals surface area contributed by atoms with Gasteiger partial charge in [0, 0.05) is 50.5 Å². The monoisotopic (exact) mass is 305 g/mol. The fraction of sp³-hybridized carbons (Fsp3) is 0.625. The summed E-state index contributed by atoms with van der Waals surface area (Å²) in [6.07, 6.45) is 1.19. The van der Waals surface area contributed by atoms with Gasteiger partial charge >= 0.3 is 0 Å². The van der Waals surface area contributed by atoms with Crippen LogP contribution in [0.15, 0.2) is 18.2 Å². The number of morpholine rings is 1. The van der Waals surface area contributed by atoms with Crippen LogP contribution in [-0.4, -0.2) is 55.8 Å². The Morgan fingerprint density at radius 1 is 1.32 bits per heavy atom. The number of hydrogen-bond acceptors (Lipinski definition) is 5. The molecule has 0 bridgehead atoms. The van der Waals surface area contributed by atoms with Crippen molar-refractivity contribution in [2.24, 2.45) is 5.92 Å². The minimum absolute atomic E-state index is 0.172. The van der Waals surface area contributed by atoms with Crippen molar-refractivity contribution in [2.75, 3.05) is 50.8 Å². The molecule has 0 saturated carbocycles. The van der Waals surface area contributed by atoms with Crippen molar-refractivity contribution in [3.63, 3.8) is 0 Å². The predicted octanol–water partition coefficient (Wildman–Crippen LogP) is 2.06. The van der Waals surface area contributed by atoms with Crippen LogP contribution in [0.4, 0.5) is 11.4 Å². The highest BCUT2D eigenvalue weighted by molar-refractivity contribution is 5.57. The van der Waals surface area contributed by atoms with Gasteiger partial charge in [0.15, 0.2) is 0 Å². The lowest BCUT2D eigenvalue weighted by Gasteiger charge is -2.29. The van der Waals surface area contributed by atoms with E-state index in [9.17, 15) is 10.1 Å². The number of non-ortho nitro benzene ring substituents is 1. The standard InChI is InChI=1S/C16H23N3O3/c1-13-10-15(19(20)21)2-3-16(13)18-5-4-14(12-18)11-17-6-8-22-9-7-17/h2-3,10,14H,4-9,11-12H2,1H3. The first kappa shape index (κ1) is 15.2. The average molecular weight is 305 g/mol. The van der Waals surface area contributed by atoms with Gasteiger partial charge in [0.1, 0.15) is 0 Å². The number of anilines is 1. The number of rotatable bonds is 4. The summed E-state index contributed by atoms with van der Waals surface area (Å²) in [4.78, 5) is 15.4. The molecular formula is C16H23N3O3. The number of nitrogens with zero attached hydrogens (tertiary/aromatic N) is 3. The van der Waals surface area contributed by atoms with Crippen LogP contribution in [0, 0.1) is 23.0 Å². The van der Waals surface area contributed by atoms with Gasteiger partial charge in [-0.25, -0.2) is 0 Å². The molecule has 6 nitrogen and oxygen atoms in total. The number of aryl methyl sites for hydroxylation is 1. The van der Waals surface area contributed by atoms with E-state index in [1.165, 1.54) is 6.42 Å². The highest BCUT2D eigenvalue weighted by Gasteiger charge is 2.26. The molecule has 3 rings (SSSR count). The average Bonchev–Trinajstić information content (AvgIpc) is 2.96. The van der Waals surface area contributed by atoms with Gasteiger partial charge in [-0.3, -0.25) is 15.0 Å². The third-order valence-corrected chi connectivity index (χ3v) is 4.64. The predicted molar refractivity (Wildman–Crippen MR) is 85.4 cm³/mol. The van der Waals surface area contributed by atoms with E-state index in [0.29, 0.717) is 5.92 Å². The zero-order chi connectivity index (χ0) is 15.5. The summed E-state index contributed by atoms with van der Waals surface area (Å²) < 4.78 is 5.39. The molecule has 2 fully saturated rings. The van der Waals surface area contributed by atoms with Crippen LogP contribution >= 0.6 is 0 Å². The van der Waals surface area contributed by atoms with Crippen LogP contribution in [-0.2, 0) is 4.74 Å². The Morgan fingerprint density at radius 3 is 2.77 bits per heavy atom. The molecule has 2 saturated heterocycles. The van der Waals surface area contributed by atoms with Gasteiger partial charge in [-0.05, 0) is 30.9 Å². The topological polar surface area (TPSA) is 58.9 Å². The summed E-state index contributed by atoms with van der Waals surface area (Å²) in [7, 11) is 0. The van der Waals surface area contributed by atoms with Gasteiger partial charge in [0.25, 0.3) is 5.69 Å². The molecule has 0 radical (unpaired) electrons. The first-order chi connectivity index (χ1) is 10.6. The van der Waals surface area contributed by atoms with E-state index in [1.54, 1.807) is 12.1 Å². The molecule has 0 spiro atoms. The molecule has 1 unspecified atom stereocenters. The van der Waals surface area contributed by atoms with Gasteiger partial charge < -0.3 is 9.64 Å². The molecule has 0 aromatic heterocycles. The lowest BCUT2D eigenvalue weighted by atomic mass is 10.1. The van der Waals surface area contributed by atoms with E-state index in [0.717, 1.165) is 57.2 Å². The van der Waals surface area contributed by atoms with Crippen molar-refractivity contribution in [3.8, 4) is 0 Å². The molecule has 2 aliphatic heterocycles. The number of benzene rings is 1. The van der Waals surface area contributed by atoms with Crippen LogP contribution in [0.5, 0.6) is 0 Å². The molecule has 0 amide bonds. The Hall–Kier alpha value is -1.66. The fourth-order valence-corrected chi connectivity index (χ4v) is 3.46. The molecule has 1 aromatic carbocycles. The molecule has 0 N–H and O–H groups in total. The normalized spacial score (nSPS) is 23.0. The lowest BCUT2D eigenvalue weighted by Crippen LogP contribution is -2.39. The fourth-order valence-electron chi connectivity index (χ4n) is 3.46. The second-order valence-corrected chi connectivity index (χ2v) is 6.24. The van der Waals surface area contributed by atoms with E-state index in [-0.39, 0.29) is 10.6 Å². The summed E-state index contributed by atoms with van der Waals surface area (Å²) in [6.45, 7) is 8.92. The van der Waals surface area contributed by atoms with Crippen LogP contribution in [0.1, 0.15) is 12.0 Å². The Labute approximate surface area is 130 Å². The molecule has 6 heteroatoms. The lowest BCUT2D eigenvalue weighted by molar-refractivity contribution is -0.384. The maximum atomic E-state index is 10.8. The summed E-state index contributed by atoms with van der Waals surface area (Å²) in [5.74, 6) is 0.674. The zero-order valence-corrected chi connectivity index (χ0v) is 13.0. The largest absolute Gasteiger partial charge is 0.379 e. The molecular weight excluding hydrogens is 282 g/mol. The van der Waals surface area contributed by atoms with Crippen LogP contribution < -0.4 is 4.90 Å². The SMILES string of the molecule is Cc1cc([N+](=O)[O-])ccc1N1CCC(CN2CCOCC2)C1. The smallest absolute Gasteiger partial charge is 0.269 e. The van der Waals surface area contributed by atoms with Crippen LogP contribution in [0.3, 0.4) is 0 Å². The van der Waals surface area contributed by atoms with Gasteiger partial charge in [-0.15, -0.1) is 0 Å². The molecule has 1 aromatic rings. The number of nitro groups is 1. The summed E-state index contributed by atoms with van der Waals surface area (Å²) >= 11 is 0. The first-order valence-corrected chi connectivity index (χ1v) is 7.93. The van der Waals surface area contributed by atoms with E-state index in [2.05, 4.69) is 9.80 Å². The Bertz CT molecular complexity index is 543. The van der Waals surface area contributed by atoms with Crippen molar-refractivity contribution in [1.82, 2.24) is 4.90 Å². The third-order valence-electron chi connectivity index (χ3n) is 4.64. The van der Waals surface area contributed by atoms with E-state index < -0.39 is 0 Å². The maximum Gasteiger partial charge on any atom is 0.269 e. The second kappa shape index (κ2) is 6.62. The first-order valence-electron chi connectivity index (χ1n) is 7.93. The van der Waals surface area contributed by atoms with Crippen molar-refractivity contribution in [2.45, 2.75) is 13.3 Å². The van der Waals surface area contributed by atoms with Crippen molar-refractivity contribution < 1.29 is 9.66 Å². The van der Waals surface area contributed by atoms with Gasteiger partial charge in [0.2, 0.25) is 0 Å². The van der Waals surface area contributed by atoms with Gasteiger partial charge in [-0.1, -0.05) is 0 Å². The summed E-state index contributed by atoms with van der Waals surface area (Å²) in [5, 5.41) is 10.8. The van der Waals surface area contributed by atoms with Crippen LogP contribution in [0.25, 0.3) is 0 Å². The molecule has 22 heavy (non-hydrogen) atoms. The second-order valence-electron chi connectivity index (χ2n) is 6.24. The third kappa shape index (κ3) is 3.39. The van der Waals surface area contributed by atoms with E-state index in [4.69, 9.17) is 4.74 Å². The maximum absolute atomic E-state index is 10.8. The molecule has 1 atom stereocenters.